The van der Waals surface area contributed by atoms with Crippen molar-refractivity contribution in [2.24, 2.45) is 10.8 Å². The van der Waals surface area contributed by atoms with Gasteiger partial charge in [0.15, 0.2) is 5.78 Å². The molecule has 1 aromatic carbocycles. The minimum atomic E-state index is -0.171. The standard InChI is InChI=1S/C20H26O3/c1-12-9-13-14(10-16(12)22-5)17-20(23-17)8-6-7-18(2,3)19(20,4)11-15(13)21/h9-10,17H,6-8,11H2,1-5H3/t17-,19+,20-/m0/s1. The second-order valence-electron chi connectivity index (χ2n) is 8.47. The monoisotopic (exact) mass is 314 g/mol. The number of ketones is 1. The van der Waals surface area contributed by atoms with Gasteiger partial charge < -0.3 is 9.47 Å². The van der Waals surface area contributed by atoms with Gasteiger partial charge in [-0.2, -0.15) is 0 Å². The minimum Gasteiger partial charge on any atom is -0.496 e. The highest BCUT2D eigenvalue weighted by Gasteiger charge is 2.73. The van der Waals surface area contributed by atoms with E-state index in [1.54, 1.807) is 7.11 Å². The third-order valence-corrected chi connectivity index (χ3v) is 7.14. The summed E-state index contributed by atoms with van der Waals surface area (Å²) in [5.74, 6) is 1.11. The maximum atomic E-state index is 13.1. The first-order chi connectivity index (χ1) is 10.8. The summed E-state index contributed by atoms with van der Waals surface area (Å²) in [5.41, 5.74) is 2.73. The third-order valence-electron chi connectivity index (χ3n) is 7.14. The Hall–Kier alpha value is -1.35. The highest BCUT2D eigenvalue weighted by Crippen LogP contribution is 2.73. The van der Waals surface area contributed by atoms with Crippen LogP contribution in [-0.2, 0) is 4.74 Å². The van der Waals surface area contributed by atoms with Gasteiger partial charge in [0.2, 0.25) is 0 Å². The maximum Gasteiger partial charge on any atom is 0.163 e. The Morgan fingerprint density at radius 3 is 2.65 bits per heavy atom. The fraction of sp³-hybridized carbons (Fsp3) is 0.650. The fourth-order valence-corrected chi connectivity index (χ4v) is 5.21. The van der Waals surface area contributed by atoms with E-state index in [0.29, 0.717) is 6.42 Å². The van der Waals surface area contributed by atoms with Crippen LogP contribution in [0.4, 0.5) is 0 Å². The molecule has 0 unspecified atom stereocenters. The number of ether oxygens (including phenoxy) is 2. The van der Waals surface area contributed by atoms with Crippen molar-refractivity contribution in [2.75, 3.05) is 7.11 Å². The number of benzene rings is 1. The topological polar surface area (TPSA) is 38.8 Å². The average Bonchev–Trinajstić information content (AvgIpc) is 3.20. The van der Waals surface area contributed by atoms with Crippen LogP contribution >= 0.6 is 0 Å². The van der Waals surface area contributed by atoms with Crippen LogP contribution in [0, 0.1) is 17.8 Å². The van der Waals surface area contributed by atoms with E-state index in [1.807, 2.05) is 19.1 Å². The number of carbonyl (C=O) groups excluding carboxylic acids is 1. The zero-order valence-electron chi connectivity index (χ0n) is 14.8. The summed E-state index contributed by atoms with van der Waals surface area (Å²) in [6, 6.07) is 4.04. The van der Waals surface area contributed by atoms with E-state index in [9.17, 15) is 4.79 Å². The van der Waals surface area contributed by atoms with Crippen molar-refractivity contribution in [1.82, 2.24) is 0 Å². The molecule has 2 aliphatic carbocycles. The molecule has 1 aromatic rings. The zero-order chi connectivity index (χ0) is 16.6. The molecule has 1 saturated carbocycles. The van der Waals surface area contributed by atoms with E-state index in [-0.39, 0.29) is 28.3 Å². The number of epoxide rings is 1. The molecule has 1 heterocycles. The Bertz CT molecular complexity index is 705. The molecule has 0 N–H and O–H groups in total. The first-order valence-corrected chi connectivity index (χ1v) is 8.65. The molecular formula is C20H26O3. The molecule has 1 spiro atoms. The molecule has 3 aliphatic rings. The van der Waals surface area contributed by atoms with Gasteiger partial charge in [0.05, 0.1) is 7.11 Å². The lowest BCUT2D eigenvalue weighted by Gasteiger charge is -2.51. The second kappa shape index (κ2) is 4.38. The first-order valence-electron chi connectivity index (χ1n) is 8.65. The predicted octanol–water partition coefficient (Wildman–Crippen LogP) is 4.62. The molecule has 0 bridgehead atoms. The number of hydrogen-bond donors (Lipinski definition) is 0. The number of carbonyl (C=O) groups is 1. The quantitative estimate of drug-likeness (QED) is 0.710. The van der Waals surface area contributed by atoms with Crippen LogP contribution in [0.3, 0.4) is 0 Å². The second-order valence-corrected chi connectivity index (χ2v) is 8.47. The molecule has 3 atom stereocenters. The van der Waals surface area contributed by atoms with Crippen molar-refractivity contribution in [3.8, 4) is 5.75 Å². The Balaban J connectivity index is 1.91. The molecule has 0 amide bonds. The van der Waals surface area contributed by atoms with Gasteiger partial charge in [-0.05, 0) is 54.9 Å². The van der Waals surface area contributed by atoms with Gasteiger partial charge in [-0.25, -0.2) is 0 Å². The van der Waals surface area contributed by atoms with E-state index in [2.05, 4.69) is 20.8 Å². The van der Waals surface area contributed by atoms with E-state index >= 15 is 0 Å². The number of aryl methyl sites for hydroxylation is 1. The number of rotatable bonds is 1. The summed E-state index contributed by atoms with van der Waals surface area (Å²) in [4.78, 5) is 13.1. The van der Waals surface area contributed by atoms with E-state index in [0.717, 1.165) is 35.3 Å². The van der Waals surface area contributed by atoms with E-state index in [1.165, 1.54) is 6.42 Å². The SMILES string of the molecule is COc1cc2c(cc1C)C(=O)C[C@]1(C)C(C)(C)CCC[C@@]13O[C@@H]23. The van der Waals surface area contributed by atoms with E-state index in [4.69, 9.17) is 9.47 Å². The van der Waals surface area contributed by atoms with Crippen LogP contribution in [0.15, 0.2) is 12.1 Å². The summed E-state index contributed by atoms with van der Waals surface area (Å²) in [6.07, 6.45) is 4.01. The molecule has 0 aromatic heterocycles. The summed E-state index contributed by atoms with van der Waals surface area (Å²) >= 11 is 0. The van der Waals surface area contributed by atoms with Crippen LogP contribution < -0.4 is 4.74 Å². The number of hydrogen-bond acceptors (Lipinski definition) is 3. The van der Waals surface area contributed by atoms with Crippen molar-refractivity contribution in [3.63, 3.8) is 0 Å². The van der Waals surface area contributed by atoms with Crippen LogP contribution in [0.2, 0.25) is 0 Å². The lowest BCUT2D eigenvalue weighted by atomic mass is 9.51. The minimum absolute atomic E-state index is 0.0445. The largest absolute Gasteiger partial charge is 0.496 e. The summed E-state index contributed by atoms with van der Waals surface area (Å²) in [7, 11) is 1.69. The van der Waals surface area contributed by atoms with E-state index < -0.39 is 0 Å². The molecule has 2 fully saturated rings. The molecular weight excluding hydrogens is 288 g/mol. The van der Waals surface area contributed by atoms with Crippen molar-refractivity contribution >= 4 is 5.78 Å². The molecule has 23 heavy (non-hydrogen) atoms. The van der Waals surface area contributed by atoms with Crippen molar-refractivity contribution in [3.05, 3.63) is 28.8 Å². The van der Waals surface area contributed by atoms with Gasteiger partial charge in [0.25, 0.3) is 0 Å². The number of Topliss-reactive ketones (excluding diaryl/α,β-unsaturated/α-hetero) is 1. The highest BCUT2D eigenvalue weighted by atomic mass is 16.6. The fourth-order valence-electron chi connectivity index (χ4n) is 5.21. The summed E-state index contributed by atoms with van der Waals surface area (Å²) < 4.78 is 11.9. The molecule has 1 aliphatic heterocycles. The van der Waals surface area contributed by atoms with Crippen molar-refractivity contribution in [1.29, 1.82) is 0 Å². The average molecular weight is 314 g/mol. The molecule has 3 heteroatoms. The Kier molecular flexibility index (Phi) is 2.90. The van der Waals surface area contributed by atoms with Gasteiger partial charge in [-0.1, -0.05) is 20.8 Å². The van der Waals surface area contributed by atoms with Gasteiger partial charge in [-0.3, -0.25) is 4.79 Å². The Labute approximate surface area is 138 Å². The smallest absolute Gasteiger partial charge is 0.163 e. The van der Waals surface area contributed by atoms with Crippen molar-refractivity contribution in [2.45, 2.75) is 65.1 Å². The predicted molar refractivity (Wildman–Crippen MR) is 89.0 cm³/mol. The van der Waals surface area contributed by atoms with Gasteiger partial charge in [0, 0.05) is 17.4 Å². The van der Waals surface area contributed by atoms with Crippen LogP contribution in [0.1, 0.15) is 74.0 Å². The molecule has 3 nitrogen and oxygen atoms in total. The van der Waals surface area contributed by atoms with Crippen LogP contribution in [0.5, 0.6) is 5.75 Å². The van der Waals surface area contributed by atoms with Crippen LogP contribution in [0.25, 0.3) is 0 Å². The number of methoxy groups -OCH3 is 1. The van der Waals surface area contributed by atoms with Gasteiger partial charge in [0.1, 0.15) is 17.5 Å². The summed E-state index contributed by atoms with van der Waals surface area (Å²) in [5, 5.41) is 0. The summed E-state index contributed by atoms with van der Waals surface area (Å²) in [6.45, 7) is 8.89. The highest BCUT2D eigenvalue weighted by molar-refractivity contribution is 5.99. The normalized spacial score (nSPS) is 37.3. The number of fused-ring (bicyclic) bond motifs is 2. The Morgan fingerprint density at radius 2 is 1.96 bits per heavy atom. The lowest BCUT2D eigenvalue weighted by Crippen LogP contribution is -2.51. The Morgan fingerprint density at radius 1 is 1.22 bits per heavy atom. The zero-order valence-corrected chi connectivity index (χ0v) is 14.8. The molecule has 1 saturated heterocycles. The lowest BCUT2D eigenvalue weighted by molar-refractivity contribution is -0.0475. The molecule has 124 valence electrons. The maximum absolute atomic E-state index is 13.1. The van der Waals surface area contributed by atoms with Gasteiger partial charge in [-0.15, -0.1) is 0 Å². The molecule has 4 rings (SSSR count). The molecule has 0 radical (unpaired) electrons. The van der Waals surface area contributed by atoms with Crippen molar-refractivity contribution < 1.29 is 14.3 Å². The first kappa shape index (κ1) is 15.2. The van der Waals surface area contributed by atoms with Crippen LogP contribution in [-0.4, -0.2) is 18.5 Å². The van der Waals surface area contributed by atoms with Gasteiger partial charge >= 0.3 is 0 Å². The third kappa shape index (κ3) is 1.72.